The van der Waals surface area contributed by atoms with Crippen LogP contribution in [0.15, 0.2) is 42.6 Å². The molecule has 0 aliphatic heterocycles. The first-order chi connectivity index (χ1) is 12.9. The number of benzene rings is 1. The number of aryl methyl sites for hydroxylation is 1. The Balaban J connectivity index is 2.04. The van der Waals surface area contributed by atoms with E-state index in [0.717, 1.165) is 5.56 Å². The number of hydrogen-bond acceptors (Lipinski definition) is 4. The van der Waals surface area contributed by atoms with E-state index in [0.29, 0.717) is 22.3 Å². The third kappa shape index (κ3) is 3.97. The second-order valence-corrected chi connectivity index (χ2v) is 6.77. The molecule has 0 spiro atoms. The van der Waals surface area contributed by atoms with Crippen LogP contribution in [0, 0.1) is 6.92 Å². The molecule has 1 N–H and O–H groups in total. The highest BCUT2D eigenvalue weighted by molar-refractivity contribution is 6.06. The van der Waals surface area contributed by atoms with E-state index in [2.05, 4.69) is 10.1 Å². The highest BCUT2D eigenvalue weighted by atomic mass is 16.4. The van der Waals surface area contributed by atoms with Crippen LogP contribution >= 0.6 is 0 Å². The molecule has 7 heteroatoms. The molecule has 0 bridgehead atoms. The van der Waals surface area contributed by atoms with Gasteiger partial charge in [0.25, 0.3) is 5.91 Å². The van der Waals surface area contributed by atoms with Crippen LogP contribution in [-0.2, 0) is 11.3 Å². The standard InChI is InChI=1S/C20H22N4O3/c1-13(2)24-19-17(10-21-24)16(9-14(3)22-19)20(27)23(12-18(25)26)11-15-7-5-4-6-8-15/h4-10,13H,11-12H2,1-3H3,(H,25,26). The van der Waals surface area contributed by atoms with Gasteiger partial charge in [0.15, 0.2) is 5.65 Å². The van der Waals surface area contributed by atoms with Crippen LogP contribution in [0.5, 0.6) is 0 Å². The van der Waals surface area contributed by atoms with E-state index in [9.17, 15) is 14.7 Å². The zero-order chi connectivity index (χ0) is 19.6. The largest absolute Gasteiger partial charge is 0.480 e. The van der Waals surface area contributed by atoms with Crippen molar-refractivity contribution < 1.29 is 14.7 Å². The molecule has 27 heavy (non-hydrogen) atoms. The number of rotatable bonds is 6. The number of hydrogen-bond donors (Lipinski definition) is 1. The van der Waals surface area contributed by atoms with E-state index < -0.39 is 5.97 Å². The quantitative estimate of drug-likeness (QED) is 0.724. The fraction of sp³-hybridized carbons (Fsp3) is 0.300. The molecule has 140 valence electrons. The Morgan fingerprint density at radius 1 is 1.22 bits per heavy atom. The Labute approximate surface area is 157 Å². The predicted molar refractivity (Wildman–Crippen MR) is 101 cm³/mol. The summed E-state index contributed by atoms with van der Waals surface area (Å²) in [5.41, 5.74) is 2.60. The average Bonchev–Trinajstić information content (AvgIpc) is 3.04. The van der Waals surface area contributed by atoms with Crippen molar-refractivity contribution in [2.75, 3.05) is 6.54 Å². The van der Waals surface area contributed by atoms with Gasteiger partial charge in [-0.25, -0.2) is 9.67 Å². The molecular weight excluding hydrogens is 344 g/mol. The van der Waals surface area contributed by atoms with Crippen molar-refractivity contribution >= 4 is 22.9 Å². The fourth-order valence-electron chi connectivity index (χ4n) is 3.03. The average molecular weight is 366 g/mol. The molecule has 3 aromatic rings. The van der Waals surface area contributed by atoms with E-state index in [1.807, 2.05) is 51.1 Å². The van der Waals surface area contributed by atoms with Crippen molar-refractivity contribution in [2.24, 2.45) is 0 Å². The number of carboxylic acids is 1. The van der Waals surface area contributed by atoms with Crippen molar-refractivity contribution in [1.82, 2.24) is 19.7 Å². The fourth-order valence-corrected chi connectivity index (χ4v) is 3.03. The third-order valence-electron chi connectivity index (χ3n) is 4.24. The minimum Gasteiger partial charge on any atom is -0.480 e. The number of fused-ring (bicyclic) bond motifs is 1. The summed E-state index contributed by atoms with van der Waals surface area (Å²) >= 11 is 0. The molecule has 0 saturated heterocycles. The van der Waals surface area contributed by atoms with Gasteiger partial charge in [-0.1, -0.05) is 30.3 Å². The first-order valence-electron chi connectivity index (χ1n) is 8.76. The number of nitrogens with zero attached hydrogens (tertiary/aromatic N) is 4. The first-order valence-corrected chi connectivity index (χ1v) is 8.76. The Hall–Kier alpha value is -3.22. The van der Waals surface area contributed by atoms with Gasteiger partial charge in [-0.15, -0.1) is 0 Å². The van der Waals surface area contributed by atoms with E-state index in [1.54, 1.807) is 16.9 Å². The topological polar surface area (TPSA) is 88.3 Å². The highest BCUT2D eigenvalue weighted by Gasteiger charge is 2.23. The van der Waals surface area contributed by atoms with Gasteiger partial charge in [0.1, 0.15) is 6.54 Å². The summed E-state index contributed by atoms with van der Waals surface area (Å²) in [5.74, 6) is -1.40. The number of pyridine rings is 1. The van der Waals surface area contributed by atoms with Crippen molar-refractivity contribution in [1.29, 1.82) is 0 Å². The minimum atomic E-state index is -1.06. The molecule has 2 aromatic heterocycles. The lowest BCUT2D eigenvalue weighted by molar-refractivity contribution is -0.137. The lowest BCUT2D eigenvalue weighted by atomic mass is 10.1. The normalized spacial score (nSPS) is 11.1. The molecule has 0 aliphatic carbocycles. The van der Waals surface area contributed by atoms with Crippen molar-refractivity contribution in [2.45, 2.75) is 33.4 Å². The van der Waals surface area contributed by atoms with Gasteiger partial charge >= 0.3 is 5.97 Å². The Kier molecular flexibility index (Phi) is 5.21. The maximum atomic E-state index is 13.2. The lowest BCUT2D eigenvalue weighted by Gasteiger charge is -2.21. The maximum absolute atomic E-state index is 13.2. The summed E-state index contributed by atoms with van der Waals surface area (Å²) < 4.78 is 1.76. The van der Waals surface area contributed by atoms with E-state index >= 15 is 0 Å². The summed E-state index contributed by atoms with van der Waals surface area (Å²) in [5, 5.41) is 14.3. The molecule has 1 aromatic carbocycles. The number of carbonyl (C=O) groups is 2. The van der Waals surface area contributed by atoms with Crippen LogP contribution in [0.25, 0.3) is 11.0 Å². The van der Waals surface area contributed by atoms with Gasteiger partial charge in [-0.2, -0.15) is 5.10 Å². The second kappa shape index (κ2) is 7.57. The smallest absolute Gasteiger partial charge is 0.323 e. The number of carbonyl (C=O) groups excluding carboxylic acids is 1. The molecule has 2 heterocycles. The highest BCUT2D eigenvalue weighted by Crippen LogP contribution is 2.23. The Morgan fingerprint density at radius 2 is 1.93 bits per heavy atom. The Bertz CT molecular complexity index is 980. The number of carboxylic acid groups (broad SMARTS) is 1. The number of aromatic nitrogens is 3. The minimum absolute atomic E-state index is 0.0965. The van der Waals surface area contributed by atoms with Crippen LogP contribution in [-0.4, -0.2) is 43.2 Å². The molecule has 0 saturated carbocycles. The zero-order valence-corrected chi connectivity index (χ0v) is 15.6. The zero-order valence-electron chi connectivity index (χ0n) is 15.6. The SMILES string of the molecule is Cc1cc(C(=O)N(CC(=O)O)Cc2ccccc2)c2cnn(C(C)C)c2n1. The second-order valence-electron chi connectivity index (χ2n) is 6.77. The van der Waals surface area contributed by atoms with Crippen LogP contribution in [0.3, 0.4) is 0 Å². The van der Waals surface area contributed by atoms with Crippen molar-refractivity contribution in [3.8, 4) is 0 Å². The molecule has 0 radical (unpaired) electrons. The predicted octanol–water partition coefficient (Wildman–Crippen LogP) is 3.05. The molecule has 1 amide bonds. The summed E-state index contributed by atoms with van der Waals surface area (Å²) in [4.78, 5) is 30.4. The van der Waals surface area contributed by atoms with Crippen LogP contribution < -0.4 is 0 Å². The molecule has 0 unspecified atom stereocenters. The van der Waals surface area contributed by atoms with Crippen LogP contribution in [0.1, 0.15) is 41.5 Å². The summed E-state index contributed by atoms with van der Waals surface area (Å²) in [7, 11) is 0. The number of amides is 1. The summed E-state index contributed by atoms with van der Waals surface area (Å²) in [6.07, 6.45) is 1.62. The molecule has 3 rings (SSSR count). The maximum Gasteiger partial charge on any atom is 0.323 e. The van der Waals surface area contributed by atoms with Gasteiger partial charge in [0, 0.05) is 18.3 Å². The third-order valence-corrected chi connectivity index (χ3v) is 4.24. The molecule has 0 atom stereocenters. The van der Waals surface area contributed by atoms with Gasteiger partial charge in [-0.05, 0) is 32.4 Å². The van der Waals surface area contributed by atoms with E-state index in [1.165, 1.54) is 4.90 Å². The van der Waals surface area contributed by atoms with E-state index in [4.69, 9.17) is 0 Å². The lowest BCUT2D eigenvalue weighted by Crippen LogP contribution is -2.35. The van der Waals surface area contributed by atoms with Crippen molar-refractivity contribution in [3.63, 3.8) is 0 Å². The van der Waals surface area contributed by atoms with Gasteiger partial charge in [-0.3, -0.25) is 9.59 Å². The van der Waals surface area contributed by atoms with Crippen LogP contribution in [0.2, 0.25) is 0 Å². The summed E-state index contributed by atoms with van der Waals surface area (Å²) in [6.45, 7) is 5.63. The van der Waals surface area contributed by atoms with Gasteiger partial charge in [0.05, 0.1) is 17.1 Å². The monoisotopic (exact) mass is 366 g/mol. The summed E-state index contributed by atoms with van der Waals surface area (Å²) in [6, 6.07) is 11.1. The van der Waals surface area contributed by atoms with Crippen molar-refractivity contribution in [3.05, 3.63) is 59.4 Å². The van der Waals surface area contributed by atoms with Crippen LogP contribution in [0.4, 0.5) is 0 Å². The van der Waals surface area contributed by atoms with E-state index in [-0.39, 0.29) is 25.0 Å². The van der Waals surface area contributed by atoms with Gasteiger partial charge < -0.3 is 10.0 Å². The number of aliphatic carboxylic acids is 1. The van der Waals surface area contributed by atoms with Gasteiger partial charge in [0.2, 0.25) is 0 Å². The molecule has 0 aliphatic rings. The molecule has 7 nitrogen and oxygen atoms in total. The Morgan fingerprint density at radius 3 is 2.56 bits per heavy atom. The molecular formula is C20H22N4O3. The molecule has 0 fully saturated rings. The first kappa shape index (κ1) is 18.6.